The van der Waals surface area contributed by atoms with E-state index >= 15 is 0 Å². The summed E-state index contributed by atoms with van der Waals surface area (Å²) in [6, 6.07) is 19.5. The number of nitrogens with zero attached hydrogens (tertiary/aromatic N) is 2. The maximum atomic E-state index is 12.5. The molecule has 3 aromatic rings. The molecule has 0 bridgehead atoms. The SMILES string of the molecule is O=C(OCc1ccc([N+](=O)[O-])cc1)C1CC(=O)N(c2ccc3ccccc3c2)C1. The first-order valence-electron chi connectivity index (χ1n) is 9.20. The molecule has 4 rings (SSSR count). The highest BCUT2D eigenvalue weighted by atomic mass is 16.6. The van der Waals surface area contributed by atoms with Crippen molar-refractivity contribution in [3.8, 4) is 0 Å². The molecule has 1 aliphatic rings. The minimum Gasteiger partial charge on any atom is -0.461 e. The third-order valence-corrected chi connectivity index (χ3v) is 5.03. The number of amides is 1. The number of ether oxygens (including phenoxy) is 1. The molecule has 1 fully saturated rings. The van der Waals surface area contributed by atoms with Crippen molar-refractivity contribution in [1.29, 1.82) is 0 Å². The first-order chi connectivity index (χ1) is 14.0. The van der Waals surface area contributed by atoms with Crippen LogP contribution in [0.2, 0.25) is 0 Å². The Morgan fingerprint density at radius 2 is 1.79 bits per heavy atom. The molecule has 1 amide bonds. The molecule has 146 valence electrons. The Morgan fingerprint density at radius 1 is 1.07 bits per heavy atom. The monoisotopic (exact) mass is 390 g/mol. The van der Waals surface area contributed by atoms with Crippen LogP contribution >= 0.6 is 0 Å². The van der Waals surface area contributed by atoms with Gasteiger partial charge in [0.1, 0.15) is 6.61 Å². The topological polar surface area (TPSA) is 89.7 Å². The molecule has 1 aliphatic heterocycles. The summed E-state index contributed by atoms with van der Waals surface area (Å²) in [5.41, 5.74) is 1.39. The van der Waals surface area contributed by atoms with E-state index in [0.29, 0.717) is 5.56 Å². The number of esters is 1. The Hall–Kier alpha value is -3.74. The quantitative estimate of drug-likeness (QED) is 0.375. The fourth-order valence-corrected chi connectivity index (χ4v) is 3.45. The van der Waals surface area contributed by atoms with Gasteiger partial charge in [0.2, 0.25) is 5.91 Å². The van der Waals surface area contributed by atoms with Crippen LogP contribution in [0, 0.1) is 16.0 Å². The second-order valence-electron chi connectivity index (χ2n) is 6.97. The minimum atomic E-state index is -0.535. The Labute approximate surface area is 166 Å². The van der Waals surface area contributed by atoms with Crippen LogP contribution < -0.4 is 4.90 Å². The number of benzene rings is 3. The zero-order valence-electron chi connectivity index (χ0n) is 15.5. The van der Waals surface area contributed by atoms with Gasteiger partial charge in [-0.1, -0.05) is 30.3 Å². The first kappa shape index (κ1) is 18.6. The van der Waals surface area contributed by atoms with Crippen molar-refractivity contribution in [1.82, 2.24) is 0 Å². The van der Waals surface area contributed by atoms with Crippen LogP contribution in [0.5, 0.6) is 0 Å². The van der Waals surface area contributed by atoms with Crippen LogP contribution in [0.15, 0.2) is 66.7 Å². The van der Waals surface area contributed by atoms with E-state index < -0.39 is 16.8 Å². The molecule has 0 N–H and O–H groups in total. The van der Waals surface area contributed by atoms with Crippen molar-refractivity contribution in [3.63, 3.8) is 0 Å². The minimum absolute atomic E-state index is 0.0114. The molecular weight excluding hydrogens is 372 g/mol. The lowest BCUT2D eigenvalue weighted by atomic mass is 10.1. The van der Waals surface area contributed by atoms with Gasteiger partial charge in [-0.25, -0.2) is 0 Å². The molecule has 7 heteroatoms. The molecule has 1 atom stereocenters. The zero-order chi connectivity index (χ0) is 20.4. The molecule has 0 saturated carbocycles. The number of nitro benzene ring substituents is 1. The van der Waals surface area contributed by atoms with Crippen molar-refractivity contribution >= 4 is 34.0 Å². The van der Waals surface area contributed by atoms with Gasteiger partial charge >= 0.3 is 5.97 Å². The van der Waals surface area contributed by atoms with E-state index in [1.54, 1.807) is 17.0 Å². The van der Waals surface area contributed by atoms with Crippen LogP contribution in [0.4, 0.5) is 11.4 Å². The molecule has 7 nitrogen and oxygen atoms in total. The normalized spacial score (nSPS) is 16.2. The van der Waals surface area contributed by atoms with Crippen LogP contribution in [0.1, 0.15) is 12.0 Å². The number of anilines is 1. The smallest absolute Gasteiger partial charge is 0.311 e. The number of hydrogen-bond acceptors (Lipinski definition) is 5. The number of hydrogen-bond donors (Lipinski definition) is 0. The Balaban J connectivity index is 1.40. The third-order valence-electron chi connectivity index (χ3n) is 5.03. The van der Waals surface area contributed by atoms with E-state index in [0.717, 1.165) is 16.5 Å². The summed E-state index contributed by atoms with van der Waals surface area (Å²) in [5.74, 6) is -1.09. The highest BCUT2D eigenvalue weighted by Crippen LogP contribution is 2.29. The second-order valence-corrected chi connectivity index (χ2v) is 6.97. The van der Waals surface area contributed by atoms with Gasteiger partial charge in [-0.15, -0.1) is 0 Å². The van der Waals surface area contributed by atoms with Gasteiger partial charge in [0.25, 0.3) is 5.69 Å². The van der Waals surface area contributed by atoms with E-state index in [9.17, 15) is 19.7 Å². The fraction of sp³-hybridized carbons (Fsp3) is 0.182. The van der Waals surface area contributed by atoms with Crippen LogP contribution in [-0.2, 0) is 20.9 Å². The van der Waals surface area contributed by atoms with E-state index in [2.05, 4.69) is 0 Å². The maximum Gasteiger partial charge on any atom is 0.311 e. The summed E-state index contributed by atoms with van der Waals surface area (Å²) in [5, 5.41) is 12.8. The highest BCUT2D eigenvalue weighted by molar-refractivity contribution is 6.01. The average molecular weight is 390 g/mol. The first-order valence-corrected chi connectivity index (χ1v) is 9.20. The molecule has 1 saturated heterocycles. The van der Waals surface area contributed by atoms with Crippen molar-refractivity contribution in [3.05, 3.63) is 82.4 Å². The lowest BCUT2D eigenvalue weighted by Gasteiger charge is -2.17. The van der Waals surface area contributed by atoms with Crippen LogP contribution in [-0.4, -0.2) is 23.3 Å². The van der Waals surface area contributed by atoms with Gasteiger partial charge in [-0.3, -0.25) is 19.7 Å². The molecule has 1 unspecified atom stereocenters. The van der Waals surface area contributed by atoms with Gasteiger partial charge < -0.3 is 9.64 Å². The predicted octanol–water partition coefficient (Wildman–Crippen LogP) is 3.84. The Kier molecular flexibility index (Phi) is 4.95. The lowest BCUT2D eigenvalue weighted by molar-refractivity contribution is -0.384. The van der Waals surface area contributed by atoms with E-state index in [1.165, 1.54) is 12.1 Å². The van der Waals surface area contributed by atoms with Crippen molar-refractivity contribution in [2.24, 2.45) is 5.92 Å². The van der Waals surface area contributed by atoms with Gasteiger partial charge in [0.15, 0.2) is 0 Å². The van der Waals surface area contributed by atoms with Gasteiger partial charge in [-0.05, 0) is 40.6 Å². The summed E-state index contributed by atoms with van der Waals surface area (Å²) < 4.78 is 5.33. The highest BCUT2D eigenvalue weighted by Gasteiger charge is 2.36. The number of rotatable bonds is 5. The molecule has 0 aliphatic carbocycles. The molecule has 29 heavy (non-hydrogen) atoms. The summed E-state index contributed by atoms with van der Waals surface area (Å²) in [6.45, 7) is 0.285. The Bertz CT molecular complexity index is 1090. The van der Waals surface area contributed by atoms with E-state index in [1.807, 2.05) is 42.5 Å². The molecule has 0 spiro atoms. The molecule has 3 aromatic carbocycles. The molecular formula is C22H18N2O5. The number of nitro groups is 1. The van der Waals surface area contributed by atoms with E-state index in [4.69, 9.17) is 4.74 Å². The fourth-order valence-electron chi connectivity index (χ4n) is 3.45. The van der Waals surface area contributed by atoms with Crippen molar-refractivity contribution in [2.75, 3.05) is 11.4 Å². The molecule has 1 heterocycles. The third kappa shape index (κ3) is 3.94. The van der Waals surface area contributed by atoms with Crippen LogP contribution in [0.3, 0.4) is 0 Å². The van der Waals surface area contributed by atoms with Gasteiger partial charge in [-0.2, -0.15) is 0 Å². The molecule has 0 aromatic heterocycles. The van der Waals surface area contributed by atoms with Crippen molar-refractivity contribution < 1.29 is 19.2 Å². The van der Waals surface area contributed by atoms with Gasteiger partial charge in [0.05, 0.1) is 10.8 Å². The summed E-state index contributed by atoms with van der Waals surface area (Å²) in [7, 11) is 0. The van der Waals surface area contributed by atoms with Crippen molar-refractivity contribution in [2.45, 2.75) is 13.0 Å². The number of carbonyl (C=O) groups is 2. The lowest BCUT2D eigenvalue weighted by Crippen LogP contribution is -2.26. The second kappa shape index (κ2) is 7.71. The number of non-ortho nitro benzene ring substituents is 1. The maximum absolute atomic E-state index is 12.5. The summed E-state index contributed by atoms with van der Waals surface area (Å²) in [6.07, 6.45) is 0.103. The van der Waals surface area contributed by atoms with E-state index in [-0.39, 0.29) is 31.2 Å². The summed E-state index contributed by atoms with van der Waals surface area (Å²) in [4.78, 5) is 36.7. The average Bonchev–Trinajstić information content (AvgIpc) is 3.13. The Morgan fingerprint density at radius 3 is 2.52 bits per heavy atom. The predicted molar refractivity (Wildman–Crippen MR) is 107 cm³/mol. The largest absolute Gasteiger partial charge is 0.461 e. The summed E-state index contributed by atoms with van der Waals surface area (Å²) >= 11 is 0. The number of carbonyl (C=O) groups excluding carboxylic acids is 2. The standard InChI is InChI=1S/C22H18N2O5/c25-21-12-18(22(26)29-14-15-5-8-19(9-6-15)24(27)28)13-23(21)20-10-7-16-3-1-2-4-17(16)11-20/h1-11,18H,12-14H2. The molecule has 0 radical (unpaired) electrons. The zero-order valence-corrected chi connectivity index (χ0v) is 15.5. The number of fused-ring (bicyclic) bond motifs is 1. The van der Waals surface area contributed by atoms with Gasteiger partial charge in [0, 0.05) is 30.8 Å². The van der Waals surface area contributed by atoms with Crippen LogP contribution in [0.25, 0.3) is 10.8 Å².